The van der Waals surface area contributed by atoms with Gasteiger partial charge in [0.2, 0.25) is 5.96 Å². The Morgan fingerprint density at radius 2 is 1.54 bits per heavy atom. The van der Waals surface area contributed by atoms with Crippen LogP contribution in [0.5, 0.6) is 17.2 Å². The second kappa shape index (κ2) is 11.9. The Balaban J connectivity index is 1.55. The topological polar surface area (TPSA) is 75.6 Å². The second-order valence-corrected chi connectivity index (χ2v) is 8.95. The van der Waals surface area contributed by atoms with Crippen LogP contribution in [0.4, 0.5) is 5.69 Å². The highest BCUT2D eigenvalue weighted by atomic mass is 16.5. The number of ether oxygens (including phenoxy) is 3. The first-order valence-electron chi connectivity index (χ1n) is 12.4. The zero-order chi connectivity index (χ0) is 24.6. The molecule has 8 nitrogen and oxygen atoms in total. The third-order valence-corrected chi connectivity index (χ3v) is 6.89. The molecule has 2 aromatic rings. The molecule has 0 atom stereocenters. The molecule has 188 valence electrons. The summed E-state index contributed by atoms with van der Waals surface area (Å²) in [6.45, 7) is 3.52. The highest BCUT2D eigenvalue weighted by molar-refractivity contribution is 6.06. The van der Waals surface area contributed by atoms with Crippen LogP contribution in [0.25, 0.3) is 0 Å². The molecule has 1 aliphatic heterocycles. The van der Waals surface area contributed by atoms with Crippen molar-refractivity contribution in [3.05, 3.63) is 48.0 Å². The molecular weight excluding hydrogens is 444 g/mol. The lowest BCUT2D eigenvalue weighted by molar-refractivity contribution is 0.0943. The van der Waals surface area contributed by atoms with Gasteiger partial charge >= 0.3 is 0 Å². The van der Waals surface area contributed by atoms with Crippen LogP contribution in [0, 0.1) is 0 Å². The van der Waals surface area contributed by atoms with Crippen molar-refractivity contribution in [3.63, 3.8) is 0 Å². The number of piperazine rings is 1. The van der Waals surface area contributed by atoms with Gasteiger partial charge in [-0.05, 0) is 43.2 Å². The van der Waals surface area contributed by atoms with Gasteiger partial charge in [0.15, 0.2) is 11.5 Å². The van der Waals surface area contributed by atoms with E-state index in [4.69, 9.17) is 19.2 Å². The first-order chi connectivity index (χ1) is 17.1. The maximum Gasteiger partial charge on any atom is 0.258 e. The van der Waals surface area contributed by atoms with Crippen molar-refractivity contribution in [1.29, 1.82) is 0 Å². The number of methoxy groups -OCH3 is 3. The molecule has 1 N–H and O–H groups in total. The highest BCUT2D eigenvalue weighted by Gasteiger charge is 2.27. The summed E-state index contributed by atoms with van der Waals surface area (Å²) in [6.07, 6.45) is 6.59. The van der Waals surface area contributed by atoms with Gasteiger partial charge in [-0.1, -0.05) is 31.4 Å². The Kier molecular flexibility index (Phi) is 8.47. The SMILES string of the molecule is COc1ccccc1N=C(NC(=O)c1ccc(OC)c(OC)c1)N1CCN(C2CCCCC2)CC1. The molecule has 2 aromatic carbocycles. The molecule has 0 bridgehead atoms. The molecule has 1 heterocycles. The largest absolute Gasteiger partial charge is 0.494 e. The molecule has 8 heteroatoms. The van der Waals surface area contributed by atoms with Crippen LogP contribution in [-0.4, -0.2) is 75.2 Å². The number of amides is 1. The fourth-order valence-electron chi connectivity index (χ4n) is 4.91. The predicted octanol–water partition coefficient (Wildman–Crippen LogP) is 4.08. The summed E-state index contributed by atoms with van der Waals surface area (Å²) in [7, 11) is 4.75. The zero-order valence-electron chi connectivity index (χ0n) is 21.0. The van der Waals surface area contributed by atoms with E-state index in [0.717, 1.165) is 26.2 Å². The number of para-hydroxylation sites is 2. The maximum atomic E-state index is 13.3. The molecule has 2 aliphatic rings. The van der Waals surface area contributed by atoms with Crippen molar-refractivity contribution >= 4 is 17.6 Å². The minimum absolute atomic E-state index is 0.255. The fourth-order valence-corrected chi connectivity index (χ4v) is 4.91. The number of aliphatic imine (C=N–C) groups is 1. The molecule has 0 aromatic heterocycles. The van der Waals surface area contributed by atoms with Crippen molar-refractivity contribution in [3.8, 4) is 17.2 Å². The number of carbonyl (C=O) groups is 1. The molecule has 4 rings (SSSR count). The Morgan fingerprint density at radius 1 is 0.857 bits per heavy atom. The van der Waals surface area contributed by atoms with Crippen molar-refractivity contribution in [2.24, 2.45) is 4.99 Å². The van der Waals surface area contributed by atoms with Gasteiger partial charge in [0.1, 0.15) is 11.4 Å². The molecule has 0 radical (unpaired) electrons. The minimum atomic E-state index is -0.255. The van der Waals surface area contributed by atoms with Gasteiger partial charge in [0.25, 0.3) is 5.91 Å². The lowest BCUT2D eigenvalue weighted by Crippen LogP contribution is -2.55. The van der Waals surface area contributed by atoms with Crippen LogP contribution >= 0.6 is 0 Å². The van der Waals surface area contributed by atoms with E-state index < -0.39 is 0 Å². The lowest BCUT2D eigenvalue weighted by Gasteiger charge is -2.41. The summed E-state index contributed by atoms with van der Waals surface area (Å²) < 4.78 is 16.2. The van der Waals surface area contributed by atoms with E-state index in [1.54, 1.807) is 39.5 Å². The number of rotatable bonds is 6. The lowest BCUT2D eigenvalue weighted by atomic mass is 9.94. The molecule has 1 amide bonds. The molecule has 1 saturated carbocycles. The summed E-state index contributed by atoms with van der Waals surface area (Å²) in [5.74, 6) is 2.01. The Labute approximate surface area is 207 Å². The average molecular weight is 481 g/mol. The monoisotopic (exact) mass is 480 g/mol. The number of nitrogens with zero attached hydrogens (tertiary/aromatic N) is 3. The van der Waals surface area contributed by atoms with Crippen molar-refractivity contribution < 1.29 is 19.0 Å². The summed E-state index contributed by atoms with van der Waals surface area (Å²) in [4.78, 5) is 22.9. The number of hydrogen-bond donors (Lipinski definition) is 1. The van der Waals surface area contributed by atoms with Crippen LogP contribution in [0.15, 0.2) is 47.5 Å². The maximum absolute atomic E-state index is 13.3. The molecule has 0 unspecified atom stereocenters. The molecule has 0 spiro atoms. The van der Waals surface area contributed by atoms with E-state index in [2.05, 4.69) is 15.1 Å². The Morgan fingerprint density at radius 3 is 2.23 bits per heavy atom. The van der Waals surface area contributed by atoms with Gasteiger partial charge < -0.3 is 19.1 Å². The van der Waals surface area contributed by atoms with Gasteiger partial charge in [-0.3, -0.25) is 15.0 Å². The number of guanidine groups is 1. The standard InChI is InChI=1S/C27H36N4O4/c1-33-23-12-8-7-11-22(23)28-27(29-26(32)20-13-14-24(34-2)25(19-20)35-3)31-17-15-30(16-18-31)21-9-5-4-6-10-21/h7-8,11-14,19,21H,4-6,9-10,15-18H2,1-3H3,(H,28,29,32). The molecule has 2 fully saturated rings. The molecule has 35 heavy (non-hydrogen) atoms. The van der Waals surface area contributed by atoms with Gasteiger partial charge in [-0.2, -0.15) is 0 Å². The van der Waals surface area contributed by atoms with Gasteiger partial charge in [-0.15, -0.1) is 0 Å². The third kappa shape index (κ3) is 6.06. The Hall–Kier alpha value is -3.26. The smallest absolute Gasteiger partial charge is 0.258 e. The molecule has 1 aliphatic carbocycles. The first-order valence-corrected chi connectivity index (χ1v) is 12.4. The van der Waals surface area contributed by atoms with Crippen LogP contribution in [-0.2, 0) is 0 Å². The normalized spacial score (nSPS) is 17.7. The van der Waals surface area contributed by atoms with E-state index in [9.17, 15) is 4.79 Å². The quantitative estimate of drug-likeness (QED) is 0.496. The van der Waals surface area contributed by atoms with Gasteiger partial charge in [-0.25, -0.2) is 4.99 Å². The summed E-state index contributed by atoms with van der Waals surface area (Å²) in [5, 5.41) is 3.05. The Bertz CT molecular complexity index is 1030. The minimum Gasteiger partial charge on any atom is -0.494 e. The summed E-state index contributed by atoms with van der Waals surface area (Å²) in [5.41, 5.74) is 1.14. The van der Waals surface area contributed by atoms with Crippen LogP contribution in [0.1, 0.15) is 42.5 Å². The van der Waals surface area contributed by atoms with Crippen molar-refractivity contribution in [2.45, 2.75) is 38.1 Å². The van der Waals surface area contributed by atoms with E-state index in [1.165, 1.54) is 32.1 Å². The van der Waals surface area contributed by atoms with E-state index in [1.807, 2.05) is 24.3 Å². The summed E-state index contributed by atoms with van der Waals surface area (Å²) >= 11 is 0. The van der Waals surface area contributed by atoms with Crippen molar-refractivity contribution in [1.82, 2.24) is 15.1 Å². The van der Waals surface area contributed by atoms with Crippen LogP contribution < -0.4 is 19.5 Å². The molecular formula is C27H36N4O4. The molecule has 1 saturated heterocycles. The van der Waals surface area contributed by atoms with Crippen molar-refractivity contribution in [2.75, 3.05) is 47.5 Å². The number of carbonyl (C=O) groups excluding carboxylic acids is 1. The van der Waals surface area contributed by atoms with E-state index in [0.29, 0.717) is 40.5 Å². The summed E-state index contributed by atoms with van der Waals surface area (Å²) in [6, 6.07) is 13.4. The number of hydrogen-bond acceptors (Lipinski definition) is 6. The van der Waals surface area contributed by atoms with Crippen LogP contribution in [0.3, 0.4) is 0 Å². The highest BCUT2D eigenvalue weighted by Crippen LogP contribution is 2.29. The average Bonchev–Trinajstić information content (AvgIpc) is 2.93. The zero-order valence-corrected chi connectivity index (χ0v) is 21.0. The number of nitrogens with one attached hydrogen (secondary N) is 1. The van der Waals surface area contributed by atoms with Gasteiger partial charge in [0, 0.05) is 37.8 Å². The fraction of sp³-hybridized carbons (Fsp3) is 0.481. The number of benzene rings is 2. The van der Waals surface area contributed by atoms with E-state index in [-0.39, 0.29) is 5.91 Å². The second-order valence-electron chi connectivity index (χ2n) is 8.95. The van der Waals surface area contributed by atoms with Gasteiger partial charge in [0.05, 0.1) is 21.3 Å². The first kappa shape index (κ1) is 24.9. The predicted molar refractivity (Wildman–Crippen MR) is 137 cm³/mol. The van der Waals surface area contributed by atoms with E-state index >= 15 is 0 Å². The van der Waals surface area contributed by atoms with Crippen LogP contribution in [0.2, 0.25) is 0 Å². The third-order valence-electron chi connectivity index (χ3n) is 6.89.